The van der Waals surface area contributed by atoms with E-state index in [1.54, 1.807) is 19.3 Å². The largest absolute Gasteiger partial charge is 0.496 e. The number of para-hydroxylation sites is 1. The first-order chi connectivity index (χ1) is 13.6. The SMILES string of the molecule is COc1ccccc1C=CC=NNC(=O)c1cc(-c2ccc(C)c(C)c2)n[nH]1. The van der Waals surface area contributed by atoms with Crippen LogP contribution in [0.4, 0.5) is 0 Å². The lowest BCUT2D eigenvalue weighted by Gasteiger charge is -2.02. The number of H-pyrrole nitrogens is 1. The molecule has 0 atom stereocenters. The number of nitrogens with zero attached hydrogens (tertiary/aromatic N) is 2. The van der Waals surface area contributed by atoms with Gasteiger partial charge in [-0.15, -0.1) is 0 Å². The van der Waals surface area contributed by atoms with E-state index in [1.807, 2.05) is 55.5 Å². The van der Waals surface area contributed by atoms with E-state index in [0.717, 1.165) is 16.9 Å². The second-order valence-electron chi connectivity index (χ2n) is 6.29. The van der Waals surface area contributed by atoms with Crippen molar-refractivity contribution < 1.29 is 9.53 Å². The Morgan fingerprint density at radius 1 is 1.14 bits per heavy atom. The summed E-state index contributed by atoms with van der Waals surface area (Å²) in [6, 6.07) is 15.4. The molecular formula is C22H22N4O2. The number of hydrazone groups is 1. The van der Waals surface area contributed by atoms with Crippen LogP contribution in [0.15, 0.2) is 59.7 Å². The van der Waals surface area contributed by atoms with Crippen molar-refractivity contribution in [2.24, 2.45) is 5.10 Å². The topological polar surface area (TPSA) is 79.4 Å². The molecule has 0 fully saturated rings. The molecular weight excluding hydrogens is 352 g/mol. The van der Waals surface area contributed by atoms with Crippen LogP contribution in [0.3, 0.4) is 0 Å². The number of rotatable bonds is 6. The van der Waals surface area contributed by atoms with Gasteiger partial charge in [-0.1, -0.05) is 30.3 Å². The highest BCUT2D eigenvalue weighted by atomic mass is 16.5. The van der Waals surface area contributed by atoms with Gasteiger partial charge in [-0.2, -0.15) is 10.2 Å². The zero-order chi connectivity index (χ0) is 19.9. The first kappa shape index (κ1) is 19.1. The fourth-order valence-electron chi connectivity index (χ4n) is 2.64. The molecule has 1 aromatic heterocycles. The van der Waals surface area contributed by atoms with Crippen LogP contribution in [0.1, 0.15) is 27.2 Å². The Morgan fingerprint density at radius 3 is 2.75 bits per heavy atom. The maximum Gasteiger partial charge on any atom is 0.289 e. The second kappa shape index (κ2) is 8.81. The van der Waals surface area contributed by atoms with Crippen LogP contribution in [-0.4, -0.2) is 29.4 Å². The maximum atomic E-state index is 12.2. The number of hydrogen-bond acceptors (Lipinski definition) is 4. The van der Waals surface area contributed by atoms with Crippen molar-refractivity contribution in [3.8, 4) is 17.0 Å². The third kappa shape index (κ3) is 4.54. The molecule has 6 nitrogen and oxygen atoms in total. The smallest absolute Gasteiger partial charge is 0.289 e. The number of aromatic amines is 1. The number of benzene rings is 2. The molecule has 0 saturated carbocycles. The van der Waals surface area contributed by atoms with E-state index < -0.39 is 0 Å². The van der Waals surface area contributed by atoms with E-state index in [0.29, 0.717) is 11.4 Å². The normalized spacial score (nSPS) is 11.2. The summed E-state index contributed by atoms with van der Waals surface area (Å²) in [5.41, 5.74) is 7.82. The van der Waals surface area contributed by atoms with Gasteiger partial charge in [-0.05, 0) is 55.3 Å². The number of allylic oxidation sites excluding steroid dienone is 1. The number of amides is 1. The Labute approximate surface area is 163 Å². The Balaban J connectivity index is 1.61. The van der Waals surface area contributed by atoms with Crippen molar-refractivity contribution in [2.45, 2.75) is 13.8 Å². The highest BCUT2D eigenvalue weighted by molar-refractivity contribution is 5.94. The van der Waals surface area contributed by atoms with Crippen molar-refractivity contribution in [1.82, 2.24) is 15.6 Å². The lowest BCUT2D eigenvalue weighted by atomic mass is 10.0. The zero-order valence-corrected chi connectivity index (χ0v) is 16.1. The summed E-state index contributed by atoms with van der Waals surface area (Å²) >= 11 is 0. The summed E-state index contributed by atoms with van der Waals surface area (Å²) in [6.45, 7) is 4.11. The molecule has 0 saturated heterocycles. The molecule has 1 heterocycles. The van der Waals surface area contributed by atoms with Gasteiger partial charge in [-0.3, -0.25) is 9.89 Å². The highest BCUT2D eigenvalue weighted by Crippen LogP contribution is 2.21. The molecule has 142 valence electrons. The number of carbonyl (C=O) groups is 1. The molecule has 0 unspecified atom stereocenters. The third-order valence-corrected chi connectivity index (χ3v) is 4.37. The van der Waals surface area contributed by atoms with Crippen LogP contribution < -0.4 is 10.2 Å². The first-order valence-electron chi connectivity index (χ1n) is 8.84. The Morgan fingerprint density at radius 2 is 1.96 bits per heavy atom. The summed E-state index contributed by atoms with van der Waals surface area (Å²) in [5.74, 6) is 0.414. The molecule has 3 aromatic rings. The van der Waals surface area contributed by atoms with Gasteiger partial charge in [0.05, 0.1) is 12.8 Å². The van der Waals surface area contributed by atoms with Gasteiger partial charge in [0.25, 0.3) is 5.91 Å². The van der Waals surface area contributed by atoms with Gasteiger partial charge < -0.3 is 4.74 Å². The number of nitrogens with one attached hydrogen (secondary N) is 2. The molecule has 2 aromatic carbocycles. The quantitative estimate of drug-likeness (QED) is 0.503. The second-order valence-corrected chi connectivity index (χ2v) is 6.29. The molecule has 3 rings (SSSR count). The summed E-state index contributed by atoms with van der Waals surface area (Å²) in [4.78, 5) is 12.2. The van der Waals surface area contributed by atoms with Crippen LogP contribution in [0.5, 0.6) is 5.75 Å². The van der Waals surface area contributed by atoms with Gasteiger partial charge in [0, 0.05) is 17.3 Å². The number of ether oxygens (including phenoxy) is 1. The minimum absolute atomic E-state index is 0.346. The van der Waals surface area contributed by atoms with Gasteiger partial charge >= 0.3 is 0 Å². The lowest BCUT2D eigenvalue weighted by Crippen LogP contribution is -2.17. The molecule has 0 radical (unpaired) electrons. The van der Waals surface area contributed by atoms with Crippen molar-refractivity contribution in [2.75, 3.05) is 7.11 Å². The molecule has 0 bridgehead atoms. The summed E-state index contributed by atoms with van der Waals surface area (Å²) in [6.07, 6.45) is 5.08. The average molecular weight is 374 g/mol. The maximum absolute atomic E-state index is 12.2. The number of carbonyl (C=O) groups excluding carboxylic acids is 1. The van der Waals surface area contributed by atoms with Crippen molar-refractivity contribution >= 4 is 18.2 Å². The van der Waals surface area contributed by atoms with E-state index in [1.165, 1.54) is 17.3 Å². The van der Waals surface area contributed by atoms with Crippen LogP contribution in [-0.2, 0) is 0 Å². The van der Waals surface area contributed by atoms with Gasteiger partial charge in [0.2, 0.25) is 0 Å². The average Bonchev–Trinajstić information content (AvgIpc) is 3.20. The van der Waals surface area contributed by atoms with E-state index in [2.05, 4.69) is 27.6 Å². The number of hydrogen-bond donors (Lipinski definition) is 2. The van der Waals surface area contributed by atoms with Gasteiger partial charge in [-0.25, -0.2) is 5.43 Å². The Kier molecular flexibility index (Phi) is 6.01. The van der Waals surface area contributed by atoms with Crippen LogP contribution in [0, 0.1) is 13.8 Å². The molecule has 28 heavy (non-hydrogen) atoms. The molecule has 6 heteroatoms. The Hall–Kier alpha value is -3.67. The van der Waals surface area contributed by atoms with E-state index in [-0.39, 0.29) is 5.91 Å². The lowest BCUT2D eigenvalue weighted by molar-refractivity contribution is 0.0950. The fourth-order valence-corrected chi connectivity index (χ4v) is 2.64. The zero-order valence-electron chi connectivity index (χ0n) is 16.1. The molecule has 1 amide bonds. The number of methoxy groups -OCH3 is 1. The van der Waals surface area contributed by atoms with Crippen LogP contribution in [0.2, 0.25) is 0 Å². The third-order valence-electron chi connectivity index (χ3n) is 4.37. The van der Waals surface area contributed by atoms with Gasteiger partial charge in [0.1, 0.15) is 11.4 Å². The van der Waals surface area contributed by atoms with E-state index in [4.69, 9.17) is 4.74 Å². The standard InChI is InChI=1S/C22H22N4O2/c1-15-10-11-18(13-16(15)2)19-14-20(25-24-19)22(27)26-23-12-6-8-17-7-4-5-9-21(17)28-3/h4-14H,1-3H3,(H,24,25)(H,26,27). The molecule has 2 N–H and O–H groups in total. The summed E-state index contributed by atoms with van der Waals surface area (Å²) in [5, 5.41) is 10.9. The minimum atomic E-state index is -0.357. The summed E-state index contributed by atoms with van der Waals surface area (Å²) in [7, 11) is 1.62. The van der Waals surface area contributed by atoms with Crippen LogP contribution >= 0.6 is 0 Å². The van der Waals surface area contributed by atoms with Crippen LogP contribution in [0.25, 0.3) is 17.3 Å². The first-order valence-corrected chi connectivity index (χ1v) is 8.84. The highest BCUT2D eigenvalue weighted by Gasteiger charge is 2.10. The molecule has 0 spiro atoms. The predicted molar refractivity (Wildman–Crippen MR) is 111 cm³/mol. The van der Waals surface area contributed by atoms with Crippen molar-refractivity contribution in [1.29, 1.82) is 0 Å². The number of aromatic nitrogens is 2. The molecule has 0 aliphatic rings. The fraction of sp³-hybridized carbons (Fsp3) is 0.136. The van der Waals surface area contributed by atoms with E-state index >= 15 is 0 Å². The van der Waals surface area contributed by atoms with Gasteiger partial charge in [0.15, 0.2) is 0 Å². The molecule has 0 aliphatic carbocycles. The van der Waals surface area contributed by atoms with Crippen molar-refractivity contribution in [3.05, 3.63) is 77.0 Å². The summed E-state index contributed by atoms with van der Waals surface area (Å²) < 4.78 is 5.27. The minimum Gasteiger partial charge on any atom is -0.496 e. The predicted octanol–water partition coefficient (Wildman–Crippen LogP) is 4.13. The Bertz CT molecular complexity index is 1030. The number of aryl methyl sites for hydroxylation is 2. The monoisotopic (exact) mass is 374 g/mol. The van der Waals surface area contributed by atoms with Crippen molar-refractivity contribution in [3.63, 3.8) is 0 Å². The molecule has 0 aliphatic heterocycles. The van der Waals surface area contributed by atoms with E-state index in [9.17, 15) is 4.79 Å².